The average molecular weight is 289 g/mol. The van der Waals surface area contributed by atoms with E-state index in [0.29, 0.717) is 0 Å². The molecule has 1 N–H and O–H groups in total. The largest absolute Gasteiger partial charge is 0.392 e. The summed E-state index contributed by atoms with van der Waals surface area (Å²) in [5, 5.41) is 9.95. The van der Waals surface area contributed by atoms with Gasteiger partial charge in [0.15, 0.2) is 0 Å². The van der Waals surface area contributed by atoms with Gasteiger partial charge in [0, 0.05) is 29.4 Å². The van der Waals surface area contributed by atoms with Gasteiger partial charge in [0.05, 0.1) is 6.10 Å². The highest BCUT2D eigenvalue weighted by Crippen LogP contribution is 2.19. The maximum absolute atomic E-state index is 9.95. The highest BCUT2D eigenvalue weighted by molar-refractivity contribution is 7.11. The zero-order valence-corrected chi connectivity index (χ0v) is 13.1. The van der Waals surface area contributed by atoms with Gasteiger partial charge in [-0.05, 0) is 31.0 Å². The van der Waals surface area contributed by atoms with Crippen molar-refractivity contribution in [1.82, 2.24) is 4.90 Å². The number of aryl methyl sites for hydroxylation is 1. The maximum Gasteiger partial charge on any atom is 0.0664 e. The van der Waals surface area contributed by atoms with Crippen LogP contribution < -0.4 is 0 Å². The van der Waals surface area contributed by atoms with E-state index in [0.717, 1.165) is 26.1 Å². The molecule has 0 radical (unpaired) electrons. The van der Waals surface area contributed by atoms with E-state index in [1.165, 1.54) is 15.3 Å². The van der Waals surface area contributed by atoms with Gasteiger partial charge >= 0.3 is 0 Å². The first-order valence-corrected chi connectivity index (χ1v) is 7.98. The highest BCUT2D eigenvalue weighted by Gasteiger charge is 2.12. The monoisotopic (exact) mass is 289 g/mol. The van der Waals surface area contributed by atoms with Crippen molar-refractivity contribution in [3.8, 4) is 0 Å². The Balaban J connectivity index is 2.03. The molecule has 2 nitrogen and oxygen atoms in total. The molecule has 0 aliphatic rings. The van der Waals surface area contributed by atoms with Gasteiger partial charge in [-0.1, -0.05) is 37.3 Å². The van der Waals surface area contributed by atoms with E-state index < -0.39 is 0 Å². The van der Waals surface area contributed by atoms with Gasteiger partial charge in [-0.2, -0.15) is 0 Å². The molecule has 0 saturated heterocycles. The second kappa shape index (κ2) is 7.58. The summed E-state index contributed by atoms with van der Waals surface area (Å²) in [6, 6.07) is 14.8. The lowest BCUT2D eigenvalue weighted by atomic mass is 10.2. The van der Waals surface area contributed by atoms with Crippen LogP contribution in [0.4, 0.5) is 0 Å². The van der Waals surface area contributed by atoms with Crippen LogP contribution in [0, 0.1) is 6.92 Å². The van der Waals surface area contributed by atoms with E-state index >= 15 is 0 Å². The fourth-order valence-corrected chi connectivity index (χ4v) is 3.18. The normalized spacial score (nSPS) is 12.8. The molecule has 20 heavy (non-hydrogen) atoms. The summed E-state index contributed by atoms with van der Waals surface area (Å²) in [4.78, 5) is 5.03. The Morgan fingerprint density at radius 1 is 1.10 bits per heavy atom. The SMILES string of the molecule is CC[C@H](O)CN(Cc1ccccc1)Cc1ccc(C)s1. The summed E-state index contributed by atoms with van der Waals surface area (Å²) in [7, 11) is 0. The van der Waals surface area contributed by atoms with Crippen LogP contribution in [0.15, 0.2) is 42.5 Å². The fraction of sp³-hybridized carbons (Fsp3) is 0.412. The van der Waals surface area contributed by atoms with Gasteiger partial charge in [-0.25, -0.2) is 0 Å². The minimum Gasteiger partial charge on any atom is -0.392 e. The Morgan fingerprint density at radius 3 is 2.45 bits per heavy atom. The van der Waals surface area contributed by atoms with Gasteiger partial charge < -0.3 is 5.11 Å². The third kappa shape index (κ3) is 4.75. The number of benzene rings is 1. The average Bonchev–Trinajstić information content (AvgIpc) is 2.85. The molecule has 108 valence electrons. The molecular formula is C17H23NOS. The molecule has 0 unspecified atom stereocenters. The lowest BCUT2D eigenvalue weighted by molar-refractivity contribution is 0.102. The van der Waals surface area contributed by atoms with Gasteiger partial charge in [-0.15, -0.1) is 11.3 Å². The number of hydrogen-bond donors (Lipinski definition) is 1. The highest BCUT2D eigenvalue weighted by atomic mass is 32.1. The Bertz CT molecular complexity index is 509. The molecule has 2 aromatic rings. The van der Waals surface area contributed by atoms with Crippen LogP contribution in [0.25, 0.3) is 0 Å². The van der Waals surface area contributed by atoms with Gasteiger partial charge in [0.1, 0.15) is 0 Å². The van der Waals surface area contributed by atoms with Crippen molar-refractivity contribution in [2.45, 2.75) is 39.5 Å². The van der Waals surface area contributed by atoms with E-state index in [1.54, 1.807) is 0 Å². The Labute approximate surface area is 125 Å². The molecule has 0 fully saturated rings. The quantitative estimate of drug-likeness (QED) is 0.837. The molecular weight excluding hydrogens is 266 g/mol. The topological polar surface area (TPSA) is 23.5 Å². The van der Waals surface area contributed by atoms with Gasteiger partial charge in [0.25, 0.3) is 0 Å². The first-order chi connectivity index (χ1) is 9.67. The van der Waals surface area contributed by atoms with Crippen LogP contribution in [0.5, 0.6) is 0 Å². The number of nitrogens with zero attached hydrogens (tertiary/aromatic N) is 1. The van der Waals surface area contributed by atoms with Crippen LogP contribution in [-0.4, -0.2) is 22.7 Å². The van der Waals surface area contributed by atoms with Gasteiger partial charge in [-0.3, -0.25) is 4.90 Å². The second-order valence-electron chi connectivity index (χ2n) is 5.23. The molecule has 1 aromatic carbocycles. The second-order valence-corrected chi connectivity index (χ2v) is 6.60. The number of hydrogen-bond acceptors (Lipinski definition) is 3. The molecule has 3 heteroatoms. The smallest absolute Gasteiger partial charge is 0.0664 e. The van der Waals surface area contributed by atoms with E-state index in [1.807, 2.05) is 24.3 Å². The zero-order valence-electron chi connectivity index (χ0n) is 12.2. The Morgan fingerprint density at radius 2 is 1.85 bits per heavy atom. The van der Waals surface area contributed by atoms with E-state index in [9.17, 15) is 5.11 Å². The van der Waals surface area contributed by atoms with Crippen molar-refractivity contribution in [3.63, 3.8) is 0 Å². The summed E-state index contributed by atoms with van der Waals surface area (Å²) in [6.07, 6.45) is 0.550. The number of aliphatic hydroxyl groups is 1. The number of thiophene rings is 1. The van der Waals surface area contributed by atoms with Crippen LogP contribution in [0.2, 0.25) is 0 Å². The summed E-state index contributed by atoms with van der Waals surface area (Å²) < 4.78 is 0. The van der Waals surface area contributed by atoms with Crippen LogP contribution in [-0.2, 0) is 13.1 Å². The fourth-order valence-electron chi connectivity index (χ4n) is 2.24. The summed E-state index contributed by atoms with van der Waals surface area (Å²) in [5.74, 6) is 0. The predicted molar refractivity (Wildman–Crippen MR) is 85.9 cm³/mol. The minimum absolute atomic E-state index is 0.250. The Kier molecular flexibility index (Phi) is 5.77. The predicted octanol–water partition coefficient (Wildman–Crippen LogP) is 3.83. The molecule has 0 spiro atoms. The van der Waals surface area contributed by atoms with Crippen LogP contribution in [0.3, 0.4) is 0 Å². The molecule has 0 amide bonds. The molecule has 0 aliphatic carbocycles. The first-order valence-electron chi connectivity index (χ1n) is 7.17. The van der Waals surface area contributed by atoms with Crippen molar-refractivity contribution in [1.29, 1.82) is 0 Å². The molecule has 1 heterocycles. The van der Waals surface area contributed by atoms with E-state index in [4.69, 9.17) is 0 Å². The molecule has 0 aliphatic heterocycles. The lowest BCUT2D eigenvalue weighted by Crippen LogP contribution is -2.31. The molecule has 0 saturated carbocycles. The number of aliphatic hydroxyl groups excluding tert-OH is 1. The van der Waals surface area contributed by atoms with Crippen LogP contribution in [0.1, 0.15) is 28.7 Å². The van der Waals surface area contributed by atoms with Crippen molar-refractivity contribution in [2.75, 3.05) is 6.54 Å². The van der Waals surface area contributed by atoms with E-state index in [-0.39, 0.29) is 6.10 Å². The van der Waals surface area contributed by atoms with Crippen molar-refractivity contribution >= 4 is 11.3 Å². The summed E-state index contributed by atoms with van der Waals surface area (Å²) >= 11 is 1.84. The maximum atomic E-state index is 9.95. The van der Waals surface area contributed by atoms with Crippen molar-refractivity contribution in [2.24, 2.45) is 0 Å². The number of rotatable bonds is 7. The van der Waals surface area contributed by atoms with Crippen molar-refractivity contribution < 1.29 is 5.11 Å². The zero-order chi connectivity index (χ0) is 14.4. The molecule has 1 atom stereocenters. The summed E-state index contributed by atoms with van der Waals surface area (Å²) in [6.45, 7) is 6.68. The molecule has 2 rings (SSSR count). The standard InChI is InChI=1S/C17H23NOS/c1-3-16(19)12-18(11-15-7-5-4-6-8-15)13-17-10-9-14(2)20-17/h4-10,16,19H,3,11-13H2,1-2H3/t16-/m0/s1. The first kappa shape index (κ1) is 15.2. The van der Waals surface area contributed by atoms with Crippen molar-refractivity contribution in [3.05, 3.63) is 57.8 Å². The summed E-state index contributed by atoms with van der Waals surface area (Å²) in [5.41, 5.74) is 1.30. The molecule has 0 bridgehead atoms. The van der Waals surface area contributed by atoms with Gasteiger partial charge in [0.2, 0.25) is 0 Å². The third-order valence-corrected chi connectivity index (χ3v) is 4.35. The van der Waals surface area contributed by atoms with E-state index in [2.05, 4.69) is 48.2 Å². The van der Waals surface area contributed by atoms with Crippen LogP contribution >= 0.6 is 11.3 Å². The molecule has 1 aromatic heterocycles. The Hall–Kier alpha value is -1.16. The lowest BCUT2D eigenvalue weighted by Gasteiger charge is -2.24. The third-order valence-electron chi connectivity index (χ3n) is 3.36. The minimum atomic E-state index is -0.250.